The quantitative estimate of drug-likeness (QED) is 0.881. The van der Waals surface area contributed by atoms with Gasteiger partial charge in [0.25, 0.3) is 5.91 Å². The number of carbonyl (C=O) groups excluding carboxylic acids is 1. The molecule has 2 aromatic carbocycles. The van der Waals surface area contributed by atoms with E-state index in [4.69, 9.17) is 21.1 Å². The molecule has 2 aliphatic rings. The number of nitrogens with zero attached hydrogens (tertiary/aromatic N) is 1. The van der Waals surface area contributed by atoms with Gasteiger partial charge in [0.1, 0.15) is 6.17 Å². The van der Waals surface area contributed by atoms with Crippen LogP contribution in [0.15, 0.2) is 36.4 Å². The summed E-state index contributed by atoms with van der Waals surface area (Å²) in [4.78, 5) is 15.0. The molecule has 5 nitrogen and oxygen atoms in total. The summed E-state index contributed by atoms with van der Waals surface area (Å²) in [6.45, 7) is 4.28. The largest absolute Gasteiger partial charge is 0.454 e. The molecule has 4 rings (SSSR count). The van der Waals surface area contributed by atoms with Gasteiger partial charge in [0.15, 0.2) is 11.5 Å². The average molecular weight is 359 g/mol. The van der Waals surface area contributed by atoms with Crippen LogP contribution < -0.4 is 14.8 Å². The lowest BCUT2D eigenvalue weighted by Crippen LogP contribution is -2.47. The summed E-state index contributed by atoms with van der Waals surface area (Å²) in [7, 11) is 0. The number of carbonyl (C=O) groups is 1. The Hall–Kier alpha value is -2.40. The van der Waals surface area contributed by atoms with Crippen molar-refractivity contribution in [3.05, 3.63) is 52.5 Å². The van der Waals surface area contributed by atoms with E-state index in [0.717, 1.165) is 17.7 Å². The average Bonchev–Trinajstić information content (AvgIpc) is 3.10. The summed E-state index contributed by atoms with van der Waals surface area (Å²) in [5, 5.41) is 3.97. The molecule has 2 aliphatic heterocycles. The molecule has 2 heterocycles. The summed E-state index contributed by atoms with van der Waals surface area (Å²) in [5.74, 6) is 1.19. The van der Waals surface area contributed by atoms with Crippen molar-refractivity contribution in [2.75, 3.05) is 12.1 Å². The number of fused-ring (bicyclic) bond motifs is 2. The third-order valence-electron chi connectivity index (χ3n) is 4.79. The molecule has 2 aromatic rings. The minimum Gasteiger partial charge on any atom is -0.454 e. The molecular formula is C19H19ClN2O3. The molecule has 0 aromatic heterocycles. The lowest BCUT2D eigenvalue weighted by molar-refractivity contribution is 0.0593. The first-order valence-corrected chi connectivity index (χ1v) is 8.75. The highest BCUT2D eigenvalue weighted by Gasteiger charge is 2.36. The lowest BCUT2D eigenvalue weighted by atomic mass is 10.0. The monoisotopic (exact) mass is 358 g/mol. The second-order valence-corrected chi connectivity index (χ2v) is 6.71. The Balaban J connectivity index is 1.82. The number of hydrogen-bond acceptors (Lipinski definition) is 4. The highest BCUT2D eigenvalue weighted by molar-refractivity contribution is 6.32. The first-order valence-electron chi connectivity index (χ1n) is 8.37. The maximum atomic E-state index is 13.1. The number of ether oxygens (including phenoxy) is 2. The minimum absolute atomic E-state index is 0.0162. The normalized spacial score (nSPS) is 19.4. The van der Waals surface area contributed by atoms with E-state index >= 15 is 0 Å². The van der Waals surface area contributed by atoms with E-state index in [1.54, 1.807) is 0 Å². The number of benzene rings is 2. The number of halogens is 1. The predicted molar refractivity (Wildman–Crippen MR) is 96.3 cm³/mol. The fourth-order valence-electron chi connectivity index (χ4n) is 3.31. The van der Waals surface area contributed by atoms with Gasteiger partial charge < -0.3 is 19.7 Å². The molecular weight excluding hydrogens is 340 g/mol. The maximum absolute atomic E-state index is 13.1. The minimum atomic E-state index is -0.315. The van der Waals surface area contributed by atoms with Crippen molar-refractivity contribution in [3.63, 3.8) is 0 Å². The van der Waals surface area contributed by atoms with E-state index < -0.39 is 0 Å². The van der Waals surface area contributed by atoms with Gasteiger partial charge >= 0.3 is 0 Å². The van der Waals surface area contributed by atoms with Crippen molar-refractivity contribution in [2.24, 2.45) is 0 Å². The van der Waals surface area contributed by atoms with E-state index in [0.29, 0.717) is 22.1 Å². The summed E-state index contributed by atoms with van der Waals surface area (Å²) in [6, 6.07) is 11.4. The summed E-state index contributed by atoms with van der Waals surface area (Å²) in [5.41, 5.74) is 2.38. The van der Waals surface area contributed by atoms with Crippen LogP contribution >= 0.6 is 11.6 Å². The van der Waals surface area contributed by atoms with Gasteiger partial charge in [0.05, 0.1) is 10.6 Å². The molecule has 0 bridgehead atoms. The van der Waals surface area contributed by atoms with Gasteiger partial charge in [0.2, 0.25) is 6.79 Å². The van der Waals surface area contributed by atoms with Gasteiger partial charge in [-0.25, -0.2) is 0 Å². The predicted octanol–water partition coefficient (Wildman–Crippen LogP) is 4.43. The lowest BCUT2D eigenvalue weighted by Gasteiger charge is -2.41. The molecule has 0 spiro atoms. The van der Waals surface area contributed by atoms with Gasteiger partial charge in [0, 0.05) is 17.3 Å². The summed E-state index contributed by atoms with van der Waals surface area (Å²) >= 11 is 6.36. The highest BCUT2D eigenvalue weighted by atomic mass is 35.5. The number of rotatable bonds is 3. The zero-order valence-corrected chi connectivity index (χ0v) is 14.8. The van der Waals surface area contributed by atoms with Crippen LogP contribution in [0, 0.1) is 0 Å². The number of anilines is 1. The van der Waals surface area contributed by atoms with Crippen molar-refractivity contribution in [1.29, 1.82) is 0 Å². The third kappa shape index (κ3) is 2.59. The van der Waals surface area contributed by atoms with Crippen molar-refractivity contribution < 1.29 is 14.3 Å². The van der Waals surface area contributed by atoms with Crippen LogP contribution in [0.2, 0.25) is 5.02 Å². The van der Waals surface area contributed by atoms with Crippen LogP contribution in [0.3, 0.4) is 0 Å². The van der Waals surface area contributed by atoms with Gasteiger partial charge in [-0.1, -0.05) is 30.7 Å². The molecule has 25 heavy (non-hydrogen) atoms. The van der Waals surface area contributed by atoms with E-state index in [1.165, 1.54) is 0 Å². The molecule has 130 valence electrons. The first kappa shape index (κ1) is 16.1. The van der Waals surface area contributed by atoms with Gasteiger partial charge in [-0.15, -0.1) is 0 Å². The second kappa shape index (κ2) is 6.15. The number of nitrogens with one attached hydrogen (secondary N) is 1. The molecule has 6 heteroatoms. The van der Waals surface area contributed by atoms with Crippen molar-refractivity contribution in [2.45, 2.75) is 32.5 Å². The summed E-state index contributed by atoms with van der Waals surface area (Å²) in [6.07, 6.45) is 0.536. The van der Waals surface area contributed by atoms with Crippen molar-refractivity contribution in [1.82, 2.24) is 4.90 Å². The van der Waals surface area contributed by atoms with E-state index in [9.17, 15) is 4.79 Å². The van der Waals surface area contributed by atoms with Crippen LogP contribution in [-0.2, 0) is 0 Å². The Kier molecular flexibility index (Phi) is 3.96. The fraction of sp³-hybridized carbons (Fsp3) is 0.316. The highest BCUT2D eigenvalue weighted by Crippen LogP contribution is 2.43. The molecule has 0 aliphatic carbocycles. The summed E-state index contributed by atoms with van der Waals surface area (Å²) < 4.78 is 10.9. The standard InChI is InChI=1S/C19H19ClN2O3/c1-3-11(2)22-18(21-15-7-5-4-6-13(15)19(22)23)12-8-14(20)17-16(9-12)24-10-25-17/h4-9,11,18,21H,3,10H2,1-2H3/t11-,18-/m0/s1. The first-order chi connectivity index (χ1) is 12.1. The van der Waals surface area contributed by atoms with Crippen LogP contribution in [0.25, 0.3) is 0 Å². The van der Waals surface area contributed by atoms with E-state index in [2.05, 4.69) is 19.2 Å². The molecule has 2 atom stereocenters. The van der Waals surface area contributed by atoms with Crippen molar-refractivity contribution in [3.8, 4) is 11.5 Å². The van der Waals surface area contributed by atoms with Crippen LogP contribution in [0.4, 0.5) is 5.69 Å². The topological polar surface area (TPSA) is 50.8 Å². The Morgan fingerprint density at radius 2 is 2.12 bits per heavy atom. The van der Waals surface area contributed by atoms with Crippen LogP contribution in [0.1, 0.15) is 42.4 Å². The molecule has 1 amide bonds. The van der Waals surface area contributed by atoms with Crippen LogP contribution in [-0.4, -0.2) is 23.6 Å². The molecule has 0 saturated carbocycles. The van der Waals surface area contributed by atoms with Crippen molar-refractivity contribution >= 4 is 23.2 Å². The Labute approximate surface area is 151 Å². The van der Waals surface area contributed by atoms with E-state index in [1.807, 2.05) is 41.3 Å². The molecule has 0 radical (unpaired) electrons. The van der Waals surface area contributed by atoms with E-state index in [-0.39, 0.29) is 24.9 Å². The zero-order chi connectivity index (χ0) is 17.6. The van der Waals surface area contributed by atoms with Crippen LogP contribution in [0.5, 0.6) is 11.5 Å². The number of amides is 1. The fourth-order valence-corrected chi connectivity index (χ4v) is 3.58. The third-order valence-corrected chi connectivity index (χ3v) is 5.07. The van der Waals surface area contributed by atoms with Gasteiger partial charge in [-0.2, -0.15) is 0 Å². The smallest absolute Gasteiger partial charge is 0.258 e. The SMILES string of the molecule is CC[C@H](C)N1C(=O)c2ccccc2N[C@@H]1c1cc(Cl)c2c(c1)OCO2. The maximum Gasteiger partial charge on any atom is 0.258 e. The second-order valence-electron chi connectivity index (χ2n) is 6.30. The molecule has 0 fully saturated rings. The van der Waals surface area contributed by atoms with Gasteiger partial charge in [-0.3, -0.25) is 4.79 Å². The number of para-hydroxylation sites is 1. The molecule has 0 unspecified atom stereocenters. The molecule has 1 N–H and O–H groups in total. The Morgan fingerprint density at radius 3 is 2.92 bits per heavy atom. The zero-order valence-electron chi connectivity index (χ0n) is 14.1. The number of hydrogen-bond donors (Lipinski definition) is 1. The Bertz CT molecular complexity index is 839. The van der Waals surface area contributed by atoms with Gasteiger partial charge in [-0.05, 0) is 37.6 Å². The Morgan fingerprint density at radius 1 is 1.32 bits per heavy atom. The molecule has 0 saturated heterocycles.